The van der Waals surface area contributed by atoms with Crippen LogP contribution in [0.2, 0.25) is 0 Å². The van der Waals surface area contributed by atoms with Gasteiger partial charge in [0.15, 0.2) is 0 Å². The topological polar surface area (TPSA) is 83.4 Å². The van der Waals surface area contributed by atoms with Crippen molar-refractivity contribution in [2.45, 2.75) is 64.2 Å². The number of hydrogen-bond donors (Lipinski definition) is 1. The molecule has 4 rings (SSSR count). The Morgan fingerprint density at radius 2 is 1.84 bits per heavy atom. The number of aromatic nitrogens is 2. The fourth-order valence-electron chi connectivity index (χ4n) is 4.81. The highest BCUT2D eigenvalue weighted by atomic mass is 16.4. The molecule has 1 saturated heterocycles. The molecule has 38 heavy (non-hydrogen) atoms. The van der Waals surface area contributed by atoms with E-state index in [1.54, 1.807) is 6.08 Å². The Hall–Kier alpha value is -3.80. The highest BCUT2D eigenvalue weighted by Crippen LogP contribution is 2.28. The van der Waals surface area contributed by atoms with Gasteiger partial charge in [0.25, 0.3) is 5.91 Å². The zero-order valence-electron chi connectivity index (χ0n) is 22.6. The number of nitrogens with zero attached hydrogens (tertiary/aromatic N) is 3. The molecule has 1 aliphatic heterocycles. The number of carboxylic acids is 1. The molecule has 0 spiro atoms. The van der Waals surface area contributed by atoms with Crippen molar-refractivity contribution < 1.29 is 14.7 Å². The number of aliphatic carboxylic acids is 1. The second-order valence-electron chi connectivity index (χ2n) is 9.79. The molecule has 1 unspecified atom stereocenters. The number of aryl methyl sites for hydroxylation is 1. The number of carboxylic acid groups (broad SMARTS) is 1. The van der Waals surface area contributed by atoms with E-state index in [4.69, 9.17) is 15.1 Å². The van der Waals surface area contributed by atoms with Crippen LogP contribution >= 0.6 is 0 Å². The van der Waals surface area contributed by atoms with E-state index in [1.165, 1.54) is 5.56 Å². The van der Waals surface area contributed by atoms with Gasteiger partial charge in [-0.15, -0.1) is 13.2 Å². The molecule has 1 fully saturated rings. The minimum atomic E-state index is -0.787. The molecule has 1 N–H and O–H groups in total. The summed E-state index contributed by atoms with van der Waals surface area (Å²) in [5, 5.41) is 8.93. The number of fused-ring (bicyclic) bond motifs is 1. The second-order valence-corrected chi connectivity index (χ2v) is 9.79. The predicted octanol–water partition coefficient (Wildman–Crippen LogP) is 6.93. The van der Waals surface area contributed by atoms with Crippen LogP contribution in [0, 0.1) is 0 Å². The van der Waals surface area contributed by atoms with Crippen LogP contribution < -0.4 is 0 Å². The van der Waals surface area contributed by atoms with Crippen molar-refractivity contribution in [3.8, 4) is 0 Å². The van der Waals surface area contributed by atoms with Crippen LogP contribution in [-0.4, -0.2) is 44.9 Å². The van der Waals surface area contributed by atoms with Crippen LogP contribution in [0.4, 0.5) is 0 Å². The van der Waals surface area contributed by atoms with Gasteiger partial charge in [-0.2, -0.15) is 0 Å². The second kappa shape index (κ2) is 14.2. The molecule has 6 heteroatoms. The number of piperidine rings is 1. The fraction of sp³-hybridized carbons (Fsp3) is 0.375. The standard InChI is InChI=1S/C29H33N3O3.C3H6/c1-3-20(2)28-25(13-7-8-14-27(33)34)30-26-18-22(15-16-24(26)31-28)29(35)32-17-9-12-23(19-32)21-10-5-4-6-11-21;1-3-2/h3-6,10-11,15-16,18,20,23H,1,7-9,12-14,17,19H2,2H3,(H,33,34);3H,1H2,2H3/t20?,23-;/m1./s1. The van der Waals surface area contributed by atoms with Crippen LogP contribution in [0.25, 0.3) is 11.0 Å². The lowest BCUT2D eigenvalue weighted by molar-refractivity contribution is -0.137. The zero-order valence-corrected chi connectivity index (χ0v) is 22.6. The molecule has 200 valence electrons. The Balaban J connectivity index is 0.00000127. The van der Waals surface area contributed by atoms with Crippen LogP contribution in [0.1, 0.15) is 85.1 Å². The third-order valence-corrected chi connectivity index (χ3v) is 6.83. The van der Waals surface area contributed by atoms with Crippen molar-refractivity contribution in [1.82, 2.24) is 14.9 Å². The summed E-state index contributed by atoms with van der Waals surface area (Å²) >= 11 is 0. The number of rotatable bonds is 9. The summed E-state index contributed by atoms with van der Waals surface area (Å²) in [4.78, 5) is 36.0. The number of benzene rings is 2. The minimum absolute atomic E-state index is 0.0286. The Kier molecular flexibility index (Phi) is 10.8. The maximum atomic E-state index is 13.4. The summed E-state index contributed by atoms with van der Waals surface area (Å²) in [6, 6.07) is 16.0. The van der Waals surface area contributed by atoms with Crippen molar-refractivity contribution in [3.63, 3.8) is 0 Å². The van der Waals surface area contributed by atoms with Gasteiger partial charge in [-0.1, -0.05) is 49.4 Å². The van der Waals surface area contributed by atoms with Gasteiger partial charge < -0.3 is 10.0 Å². The molecule has 3 aromatic rings. The number of unbranched alkanes of at least 4 members (excludes halogenated alkanes) is 1. The fourth-order valence-corrected chi connectivity index (χ4v) is 4.81. The van der Waals surface area contributed by atoms with E-state index in [1.807, 2.05) is 49.1 Å². The van der Waals surface area contributed by atoms with E-state index in [2.05, 4.69) is 37.4 Å². The number of allylic oxidation sites excluding steroid dienone is 2. The largest absolute Gasteiger partial charge is 0.481 e. The van der Waals surface area contributed by atoms with Crippen molar-refractivity contribution >= 4 is 22.9 Å². The normalized spacial score (nSPS) is 15.7. The summed E-state index contributed by atoms with van der Waals surface area (Å²) < 4.78 is 0. The summed E-state index contributed by atoms with van der Waals surface area (Å²) in [5.74, 6) is -0.369. The van der Waals surface area contributed by atoms with Crippen molar-refractivity contribution in [3.05, 3.63) is 96.4 Å². The number of carbonyl (C=O) groups is 2. The van der Waals surface area contributed by atoms with E-state index in [0.717, 1.165) is 49.3 Å². The number of amides is 1. The molecule has 0 saturated carbocycles. The molecule has 1 aromatic heterocycles. The minimum Gasteiger partial charge on any atom is -0.481 e. The number of hydrogen-bond acceptors (Lipinski definition) is 4. The Labute approximate surface area is 226 Å². The molecule has 2 atom stereocenters. The molecule has 2 aromatic carbocycles. The maximum absolute atomic E-state index is 13.4. The Bertz CT molecular complexity index is 1260. The quantitative estimate of drug-likeness (QED) is 0.248. The zero-order chi connectivity index (χ0) is 27.5. The van der Waals surface area contributed by atoms with Crippen LogP contribution in [-0.2, 0) is 11.2 Å². The van der Waals surface area contributed by atoms with Gasteiger partial charge >= 0.3 is 5.97 Å². The van der Waals surface area contributed by atoms with Gasteiger partial charge in [0.2, 0.25) is 0 Å². The van der Waals surface area contributed by atoms with Crippen LogP contribution in [0.15, 0.2) is 73.8 Å². The van der Waals surface area contributed by atoms with Crippen LogP contribution in [0.3, 0.4) is 0 Å². The summed E-state index contributed by atoms with van der Waals surface area (Å²) in [6.07, 6.45) is 7.77. The lowest BCUT2D eigenvalue weighted by Crippen LogP contribution is -2.39. The molecule has 0 bridgehead atoms. The highest BCUT2D eigenvalue weighted by Gasteiger charge is 2.26. The first-order chi connectivity index (χ1) is 18.4. The number of likely N-dealkylation sites (tertiary alicyclic amines) is 1. The summed E-state index contributed by atoms with van der Waals surface area (Å²) in [5.41, 5.74) is 5.07. The molecular weight excluding hydrogens is 474 g/mol. The smallest absolute Gasteiger partial charge is 0.303 e. The van der Waals surface area contributed by atoms with E-state index >= 15 is 0 Å². The van der Waals surface area contributed by atoms with Gasteiger partial charge in [0.1, 0.15) is 0 Å². The summed E-state index contributed by atoms with van der Waals surface area (Å²) in [6.45, 7) is 12.7. The molecule has 1 aliphatic rings. The average molecular weight is 514 g/mol. The van der Waals surface area contributed by atoms with Crippen molar-refractivity contribution in [2.24, 2.45) is 0 Å². The molecule has 0 radical (unpaired) electrons. The van der Waals surface area contributed by atoms with Crippen molar-refractivity contribution in [2.75, 3.05) is 13.1 Å². The average Bonchev–Trinajstić information content (AvgIpc) is 2.94. The lowest BCUT2D eigenvalue weighted by Gasteiger charge is -2.33. The van der Waals surface area contributed by atoms with Gasteiger partial charge in [-0.3, -0.25) is 9.59 Å². The van der Waals surface area contributed by atoms with Gasteiger partial charge in [-0.25, -0.2) is 9.97 Å². The van der Waals surface area contributed by atoms with E-state index < -0.39 is 5.97 Å². The van der Waals surface area contributed by atoms with Gasteiger partial charge in [0, 0.05) is 36.9 Å². The first-order valence-corrected chi connectivity index (χ1v) is 13.4. The maximum Gasteiger partial charge on any atom is 0.303 e. The lowest BCUT2D eigenvalue weighted by atomic mass is 9.90. The summed E-state index contributed by atoms with van der Waals surface area (Å²) in [7, 11) is 0. The monoisotopic (exact) mass is 513 g/mol. The third-order valence-electron chi connectivity index (χ3n) is 6.83. The van der Waals surface area contributed by atoms with Crippen molar-refractivity contribution in [1.29, 1.82) is 0 Å². The van der Waals surface area contributed by atoms with E-state index in [0.29, 0.717) is 29.8 Å². The molecule has 2 heterocycles. The van der Waals surface area contributed by atoms with Gasteiger partial charge in [-0.05, 0) is 62.8 Å². The molecular formula is C32H39N3O3. The van der Waals surface area contributed by atoms with E-state index in [9.17, 15) is 9.59 Å². The van der Waals surface area contributed by atoms with E-state index in [-0.39, 0.29) is 18.2 Å². The molecule has 6 nitrogen and oxygen atoms in total. The highest BCUT2D eigenvalue weighted by molar-refractivity contribution is 5.97. The Morgan fingerprint density at radius 1 is 1.11 bits per heavy atom. The SMILES string of the molecule is C=CC.C=CC(C)c1nc2ccc(C(=O)N3CCC[C@@H](c4ccccc4)C3)cc2nc1CCCCC(=O)O. The Morgan fingerprint density at radius 3 is 2.53 bits per heavy atom. The third kappa shape index (κ3) is 7.60. The number of carbonyl (C=O) groups excluding carboxylic acids is 1. The van der Waals surface area contributed by atoms with Gasteiger partial charge in [0.05, 0.1) is 22.4 Å². The predicted molar refractivity (Wildman–Crippen MR) is 154 cm³/mol. The van der Waals surface area contributed by atoms with Crippen LogP contribution in [0.5, 0.6) is 0 Å². The molecule has 0 aliphatic carbocycles. The first-order valence-electron chi connectivity index (χ1n) is 13.4. The molecule has 1 amide bonds. The first kappa shape index (κ1) is 28.8.